The zero-order valence-electron chi connectivity index (χ0n) is 11.6. The Balaban J connectivity index is 0.00000180. The molecule has 3 nitrogen and oxygen atoms in total. The molecule has 0 spiro atoms. The van der Waals surface area contributed by atoms with Gasteiger partial charge in [-0.2, -0.15) is 0 Å². The van der Waals surface area contributed by atoms with E-state index >= 15 is 0 Å². The van der Waals surface area contributed by atoms with E-state index in [0.29, 0.717) is 11.9 Å². The molecule has 0 fully saturated rings. The standard InChI is InChI=1S/C14H20ClNO2.ClH/c1-16-7-5-10-8-13(17-2)14(18-3)9-11(10)12(16)4-6-15;/h8-9,12H,4-7H2,1-3H3;1H. The van der Waals surface area contributed by atoms with E-state index in [-0.39, 0.29) is 12.4 Å². The van der Waals surface area contributed by atoms with Crippen molar-refractivity contribution in [3.05, 3.63) is 23.3 Å². The van der Waals surface area contributed by atoms with Crippen molar-refractivity contribution in [2.75, 3.05) is 33.7 Å². The number of rotatable bonds is 4. The van der Waals surface area contributed by atoms with E-state index in [0.717, 1.165) is 30.9 Å². The van der Waals surface area contributed by atoms with Gasteiger partial charge < -0.3 is 9.47 Å². The van der Waals surface area contributed by atoms with Crippen molar-refractivity contribution in [1.29, 1.82) is 0 Å². The second kappa shape index (κ2) is 7.22. The molecule has 19 heavy (non-hydrogen) atoms. The first-order valence-corrected chi connectivity index (χ1v) is 6.75. The fourth-order valence-electron chi connectivity index (χ4n) is 2.63. The average Bonchev–Trinajstić information content (AvgIpc) is 2.40. The third kappa shape index (κ3) is 3.28. The molecule has 1 unspecified atom stereocenters. The summed E-state index contributed by atoms with van der Waals surface area (Å²) >= 11 is 5.92. The number of methoxy groups -OCH3 is 2. The molecule has 1 atom stereocenters. The Morgan fingerprint density at radius 1 is 1.26 bits per heavy atom. The van der Waals surface area contributed by atoms with Gasteiger partial charge in [0.15, 0.2) is 11.5 Å². The van der Waals surface area contributed by atoms with Crippen LogP contribution in [0.1, 0.15) is 23.6 Å². The predicted octanol–water partition coefficient (Wildman–Crippen LogP) is 3.28. The fourth-order valence-corrected chi connectivity index (χ4v) is 2.84. The van der Waals surface area contributed by atoms with Gasteiger partial charge in [0.25, 0.3) is 0 Å². The topological polar surface area (TPSA) is 21.7 Å². The van der Waals surface area contributed by atoms with Gasteiger partial charge in [-0.1, -0.05) is 0 Å². The summed E-state index contributed by atoms with van der Waals surface area (Å²) in [4.78, 5) is 2.36. The molecule has 0 aliphatic carbocycles. The number of benzene rings is 1. The minimum Gasteiger partial charge on any atom is -0.493 e. The average molecular weight is 306 g/mol. The molecule has 0 amide bonds. The Hall–Kier alpha value is -0.640. The maximum absolute atomic E-state index is 5.92. The quantitative estimate of drug-likeness (QED) is 0.797. The van der Waals surface area contributed by atoms with Crippen molar-refractivity contribution < 1.29 is 9.47 Å². The number of alkyl halides is 1. The van der Waals surface area contributed by atoms with Crippen molar-refractivity contribution in [3.63, 3.8) is 0 Å². The minimum atomic E-state index is 0. The van der Waals surface area contributed by atoms with E-state index in [4.69, 9.17) is 21.1 Å². The summed E-state index contributed by atoms with van der Waals surface area (Å²) < 4.78 is 10.7. The highest BCUT2D eigenvalue weighted by Gasteiger charge is 2.26. The normalized spacial score (nSPS) is 18.4. The first-order valence-electron chi connectivity index (χ1n) is 6.22. The van der Waals surface area contributed by atoms with E-state index < -0.39 is 0 Å². The van der Waals surface area contributed by atoms with E-state index in [1.165, 1.54) is 11.1 Å². The second-order valence-electron chi connectivity index (χ2n) is 4.63. The van der Waals surface area contributed by atoms with E-state index in [9.17, 15) is 0 Å². The number of hydrogen-bond donors (Lipinski definition) is 0. The van der Waals surface area contributed by atoms with Crippen LogP contribution in [0.5, 0.6) is 11.5 Å². The third-order valence-corrected chi connectivity index (χ3v) is 3.87. The van der Waals surface area contributed by atoms with Crippen LogP contribution < -0.4 is 9.47 Å². The Morgan fingerprint density at radius 3 is 2.47 bits per heavy atom. The molecular weight excluding hydrogens is 285 g/mol. The van der Waals surface area contributed by atoms with Gasteiger partial charge in [-0.3, -0.25) is 4.90 Å². The molecule has 1 aromatic rings. The Labute approximate surface area is 126 Å². The van der Waals surface area contributed by atoms with Crippen LogP contribution in [0.25, 0.3) is 0 Å². The van der Waals surface area contributed by atoms with Crippen molar-refractivity contribution in [2.24, 2.45) is 0 Å². The molecule has 0 radical (unpaired) electrons. The van der Waals surface area contributed by atoms with Crippen LogP contribution in [0.15, 0.2) is 12.1 Å². The van der Waals surface area contributed by atoms with Crippen LogP contribution >= 0.6 is 24.0 Å². The van der Waals surface area contributed by atoms with Gasteiger partial charge in [0.05, 0.1) is 14.2 Å². The van der Waals surface area contributed by atoms with E-state index in [1.807, 2.05) is 0 Å². The minimum absolute atomic E-state index is 0. The fraction of sp³-hybridized carbons (Fsp3) is 0.571. The van der Waals surface area contributed by atoms with Gasteiger partial charge in [-0.15, -0.1) is 24.0 Å². The van der Waals surface area contributed by atoms with E-state index in [2.05, 4.69) is 24.1 Å². The van der Waals surface area contributed by atoms with Gasteiger partial charge in [-0.25, -0.2) is 0 Å². The number of ether oxygens (including phenoxy) is 2. The molecule has 1 aliphatic rings. The van der Waals surface area contributed by atoms with E-state index in [1.54, 1.807) is 14.2 Å². The van der Waals surface area contributed by atoms with Crippen molar-refractivity contribution >= 4 is 24.0 Å². The van der Waals surface area contributed by atoms with Crippen molar-refractivity contribution in [2.45, 2.75) is 18.9 Å². The maximum Gasteiger partial charge on any atom is 0.161 e. The lowest BCUT2D eigenvalue weighted by Crippen LogP contribution is -2.32. The van der Waals surface area contributed by atoms with Gasteiger partial charge in [0.1, 0.15) is 0 Å². The van der Waals surface area contributed by atoms with Crippen LogP contribution in [0.3, 0.4) is 0 Å². The van der Waals surface area contributed by atoms with Gasteiger partial charge in [0.2, 0.25) is 0 Å². The Bertz CT molecular complexity index is 426. The molecule has 0 bridgehead atoms. The molecule has 5 heteroatoms. The second-order valence-corrected chi connectivity index (χ2v) is 5.01. The zero-order chi connectivity index (χ0) is 13.1. The number of hydrogen-bond acceptors (Lipinski definition) is 3. The largest absolute Gasteiger partial charge is 0.493 e. The molecule has 1 aromatic carbocycles. The first-order chi connectivity index (χ1) is 8.71. The summed E-state index contributed by atoms with van der Waals surface area (Å²) in [6.45, 7) is 1.06. The molecule has 2 rings (SSSR count). The number of nitrogens with zero attached hydrogens (tertiary/aromatic N) is 1. The smallest absolute Gasteiger partial charge is 0.161 e. The molecular formula is C14H21Cl2NO2. The van der Waals surface area contributed by atoms with Crippen LogP contribution in [0, 0.1) is 0 Å². The highest BCUT2D eigenvalue weighted by molar-refractivity contribution is 6.17. The lowest BCUT2D eigenvalue weighted by Gasteiger charge is -2.34. The van der Waals surface area contributed by atoms with Gasteiger partial charge in [0, 0.05) is 18.5 Å². The third-order valence-electron chi connectivity index (χ3n) is 3.65. The summed E-state index contributed by atoms with van der Waals surface area (Å²) in [7, 11) is 5.50. The predicted molar refractivity (Wildman–Crippen MR) is 81.2 cm³/mol. The van der Waals surface area contributed by atoms with Crippen molar-refractivity contribution in [3.8, 4) is 11.5 Å². The van der Waals surface area contributed by atoms with Crippen LogP contribution in [0.4, 0.5) is 0 Å². The van der Waals surface area contributed by atoms with Gasteiger partial charge in [-0.05, 0) is 43.1 Å². The maximum atomic E-state index is 5.92. The Kier molecular flexibility index (Phi) is 6.24. The van der Waals surface area contributed by atoms with Crippen LogP contribution in [-0.2, 0) is 6.42 Å². The van der Waals surface area contributed by atoms with Crippen LogP contribution in [0.2, 0.25) is 0 Å². The lowest BCUT2D eigenvalue weighted by molar-refractivity contribution is 0.224. The zero-order valence-corrected chi connectivity index (χ0v) is 13.2. The monoisotopic (exact) mass is 305 g/mol. The van der Waals surface area contributed by atoms with Crippen LogP contribution in [-0.4, -0.2) is 38.6 Å². The Morgan fingerprint density at radius 2 is 1.89 bits per heavy atom. The number of fused-ring (bicyclic) bond motifs is 1. The molecule has 0 saturated carbocycles. The SMILES string of the molecule is COc1cc2c(cc1OC)C(CCCl)N(C)CC2.Cl. The first kappa shape index (κ1) is 16.4. The molecule has 0 saturated heterocycles. The molecule has 0 N–H and O–H groups in total. The summed E-state index contributed by atoms with van der Waals surface area (Å²) in [5.41, 5.74) is 2.67. The van der Waals surface area contributed by atoms with Gasteiger partial charge >= 0.3 is 0 Å². The summed E-state index contributed by atoms with van der Waals surface area (Å²) in [5.74, 6) is 2.28. The lowest BCUT2D eigenvalue weighted by atomic mass is 9.91. The summed E-state index contributed by atoms with van der Waals surface area (Å²) in [5, 5.41) is 0. The number of likely N-dealkylation sites (N-methyl/N-ethyl adjacent to an activating group) is 1. The molecule has 108 valence electrons. The molecule has 1 heterocycles. The highest BCUT2D eigenvalue weighted by Crippen LogP contribution is 2.38. The molecule has 0 aromatic heterocycles. The number of halogens is 2. The highest BCUT2D eigenvalue weighted by atomic mass is 35.5. The van der Waals surface area contributed by atoms with Crippen molar-refractivity contribution in [1.82, 2.24) is 4.90 Å². The molecule has 1 aliphatic heterocycles. The summed E-state index contributed by atoms with van der Waals surface area (Å²) in [6.07, 6.45) is 2.01. The summed E-state index contributed by atoms with van der Waals surface area (Å²) in [6, 6.07) is 4.58.